The van der Waals surface area contributed by atoms with Crippen molar-refractivity contribution >= 4 is 39.1 Å². The highest BCUT2D eigenvalue weighted by Crippen LogP contribution is 2.36. The van der Waals surface area contributed by atoms with Crippen LogP contribution in [0.15, 0.2) is 23.1 Å². The van der Waals surface area contributed by atoms with E-state index < -0.39 is 33.3 Å². The lowest BCUT2D eigenvalue weighted by molar-refractivity contribution is -0.148. The van der Waals surface area contributed by atoms with Crippen LogP contribution in [-0.2, 0) is 19.6 Å². The number of hydrogen-bond acceptors (Lipinski definition) is 7. The zero-order chi connectivity index (χ0) is 28.9. The van der Waals surface area contributed by atoms with Crippen LogP contribution in [-0.4, -0.2) is 68.9 Å². The molecule has 0 radical (unpaired) electrons. The van der Waals surface area contributed by atoms with E-state index in [0.29, 0.717) is 30.4 Å². The van der Waals surface area contributed by atoms with Crippen molar-refractivity contribution in [3.63, 3.8) is 0 Å². The fourth-order valence-corrected chi connectivity index (χ4v) is 7.98. The third-order valence-electron chi connectivity index (χ3n) is 8.85. The van der Waals surface area contributed by atoms with E-state index in [1.165, 1.54) is 49.6 Å². The molecule has 6 N–H and O–H groups in total. The first kappa shape index (κ1) is 31.2. The van der Waals surface area contributed by atoms with Gasteiger partial charge in [0.1, 0.15) is 6.04 Å². The average Bonchev–Trinajstić information content (AvgIpc) is 2.94. The quantitative estimate of drug-likeness (QED) is 0.261. The number of hydrazine groups is 1. The first-order valence-corrected chi connectivity index (χ1v) is 16.6. The average molecular weight is 597 g/mol. The van der Waals surface area contributed by atoms with Crippen LogP contribution in [0.5, 0.6) is 0 Å². The fourth-order valence-electron chi connectivity index (χ4n) is 6.39. The lowest BCUT2D eigenvalue weighted by atomic mass is 9.74. The summed E-state index contributed by atoms with van der Waals surface area (Å²) in [6, 6.07) is 4.24. The van der Waals surface area contributed by atoms with Gasteiger partial charge >= 0.3 is 0 Å². The SMILES string of the molecule is Cc1ccc(NC(=O)[C@H](C)N2NCC(Cl)C(CN)C2=O)cc1S(=O)(=O)NCCC1CC(C2CCCCC2)CCN1. The molecule has 3 fully saturated rings. The number of rotatable bonds is 10. The molecule has 10 nitrogen and oxygen atoms in total. The van der Waals surface area contributed by atoms with Gasteiger partial charge in [0.25, 0.3) is 0 Å². The van der Waals surface area contributed by atoms with Gasteiger partial charge < -0.3 is 16.4 Å². The van der Waals surface area contributed by atoms with Crippen LogP contribution < -0.4 is 26.5 Å². The number of hydrogen-bond donors (Lipinski definition) is 5. The van der Waals surface area contributed by atoms with E-state index in [9.17, 15) is 18.0 Å². The van der Waals surface area contributed by atoms with E-state index in [1.807, 2.05) is 0 Å². The van der Waals surface area contributed by atoms with Crippen molar-refractivity contribution in [2.75, 3.05) is 31.5 Å². The standard InChI is InChI=1S/C28H45ClN6O4S/c1-18-8-9-23(34-27(36)19(2)35-28(37)24(16-30)25(29)17-32-35)15-26(18)40(38,39)33-13-11-22-14-21(10-12-31-22)20-6-4-3-5-7-20/h8-9,15,19-22,24-25,31-33H,3-7,10-14,16-17,30H2,1-2H3,(H,34,36)/t19-,21?,22?,24?,25?/m0/s1. The van der Waals surface area contributed by atoms with Crippen LogP contribution in [0.4, 0.5) is 5.69 Å². The summed E-state index contributed by atoms with van der Waals surface area (Å²) >= 11 is 6.19. The summed E-state index contributed by atoms with van der Waals surface area (Å²) in [4.78, 5) is 25.8. The maximum atomic E-state index is 13.2. The highest BCUT2D eigenvalue weighted by Gasteiger charge is 2.38. The molecule has 2 aliphatic heterocycles. The largest absolute Gasteiger partial charge is 0.330 e. The summed E-state index contributed by atoms with van der Waals surface area (Å²) in [7, 11) is -3.78. The molecule has 2 heterocycles. The van der Waals surface area contributed by atoms with Gasteiger partial charge in [0.2, 0.25) is 21.8 Å². The van der Waals surface area contributed by atoms with Gasteiger partial charge in [-0.15, -0.1) is 11.6 Å². The Morgan fingerprint density at radius 2 is 1.95 bits per heavy atom. The van der Waals surface area contributed by atoms with E-state index in [-0.39, 0.29) is 17.3 Å². The van der Waals surface area contributed by atoms with Gasteiger partial charge in [-0.25, -0.2) is 18.6 Å². The zero-order valence-corrected chi connectivity index (χ0v) is 25.2. The van der Waals surface area contributed by atoms with E-state index in [0.717, 1.165) is 31.2 Å². The van der Waals surface area contributed by atoms with E-state index in [1.54, 1.807) is 26.0 Å². The number of nitrogens with zero attached hydrogens (tertiary/aromatic N) is 1. The summed E-state index contributed by atoms with van der Waals surface area (Å²) in [5, 5.41) is 7.12. The molecule has 40 heavy (non-hydrogen) atoms. The number of nitrogens with one attached hydrogen (secondary N) is 4. The summed E-state index contributed by atoms with van der Waals surface area (Å²) < 4.78 is 29.2. The highest BCUT2D eigenvalue weighted by molar-refractivity contribution is 7.89. The Labute approximate surface area is 243 Å². The number of carbonyl (C=O) groups excluding carboxylic acids is 2. The molecule has 4 unspecified atom stereocenters. The highest BCUT2D eigenvalue weighted by atomic mass is 35.5. The van der Waals surface area contributed by atoms with E-state index >= 15 is 0 Å². The molecule has 5 atom stereocenters. The number of carbonyl (C=O) groups is 2. The van der Waals surface area contributed by atoms with Crippen molar-refractivity contribution in [1.82, 2.24) is 20.5 Å². The van der Waals surface area contributed by atoms with E-state index in [2.05, 4.69) is 20.8 Å². The fraction of sp³-hybridized carbons (Fsp3) is 0.714. The van der Waals surface area contributed by atoms with Gasteiger partial charge in [-0.2, -0.15) is 0 Å². The van der Waals surface area contributed by atoms with Crippen LogP contribution in [0.3, 0.4) is 0 Å². The molecule has 2 amide bonds. The number of amides is 2. The minimum atomic E-state index is -3.78. The third kappa shape index (κ3) is 7.54. The number of piperidine rings is 1. The van der Waals surface area contributed by atoms with Crippen molar-refractivity contribution in [3.8, 4) is 0 Å². The second kappa shape index (κ2) is 13.9. The summed E-state index contributed by atoms with van der Waals surface area (Å²) in [5.41, 5.74) is 9.51. The number of alkyl halides is 1. The Balaban J connectivity index is 1.33. The van der Waals surface area contributed by atoms with Crippen LogP contribution in [0.1, 0.15) is 63.9 Å². The smallest absolute Gasteiger partial charge is 0.248 e. The van der Waals surface area contributed by atoms with Crippen molar-refractivity contribution in [1.29, 1.82) is 0 Å². The van der Waals surface area contributed by atoms with Gasteiger partial charge in [0.15, 0.2) is 0 Å². The van der Waals surface area contributed by atoms with Crippen molar-refractivity contribution in [2.45, 2.75) is 87.6 Å². The minimum Gasteiger partial charge on any atom is -0.330 e. The number of nitrogens with two attached hydrogens (primary N) is 1. The Bertz CT molecular complexity index is 1150. The van der Waals surface area contributed by atoms with Crippen molar-refractivity contribution in [3.05, 3.63) is 23.8 Å². The third-order valence-corrected chi connectivity index (χ3v) is 10.9. The molecule has 224 valence electrons. The van der Waals surface area contributed by atoms with Gasteiger partial charge in [-0.1, -0.05) is 38.2 Å². The molecule has 0 spiro atoms. The summed E-state index contributed by atoms with van der Waals surface area (Å²) in [6.45, 7) is 5.05. The lowest BCUT2D eigenvalue weighted by Crippen LogP contribution is -2.62. The number of benzene rings is 1. The number of halogens is 1. The number of aryl methyl sites for hydroxylation is 1. The monoisotopic (exact) mass is 596 g/mol. The lowest BCUT2D eigenvalue weighted by Gasteiger charge is -2.38. The predicted octanol–water partition coefficient (Wildman–Crippen LogP) is 2.47. The second-order valence-electron chi connectivity index (χ2n) is 11.6. The minimum absolute atomic E-state index is 0.0869. The summed E-state index contributed by atoms with van der Waals surface area (Å²) in [5.74, 6) is 0.177. The molecule has 1 aromatic carbocycles. The first-order valence-electron chi connectivity index (χ1n) is 14.7. The second-order valence-corrected chi connectivity index (χ2v) is 13.9. The van der Waals surface area contributed by atoms with Crippen LogP contribution in [0.2, 0.25) is 0 Å². The Morgan fingerprint density at radius 3 is 2.67 bits per heavy atom. The Hall–Kier alpha value is -1.76. The molecular formula is C28H45ClN6O4S. The number of anilines is 1. The molecule has 2 saturated heterocycles. The van der Waals surface area contributed by atoms with Crippen LogP contribution in [0.25, 0.3) is 0 Å². The molecule has 12 heteroatoms. The molecule has 0 aromatic heterocycles. The molecule has 1 aromatic rings. The van der Waals surface area contributed by atoms with E-state index in [4.69, 9.17) is 17.3 Å². The van der Waals surface area contributed by atoms with Crippen molar-refractivity contribution < 1.29 is 18.0 Å². The Kier molecular flexibility index (Phi) is 10.9. The van der Waals surface area contributed by atoms with Crippen LogP contribution in [0, 0.1) is 24.7 Å². The molecular weight excluding hydrogens is 552 g/mol. The molecule has 3 aliphatic rings. The van der Waals surface area contributed by atoms with Crippen molar-refractivity contribution in [2.24, 2.45) is 23.5 Å². The molecule has 4 rings (SSSR count). The van der Waals surface area contributed by atoms with Crippen LogP contribution >= 0.6 is 11.6 Å². The maximum absolute atomic E-state index is 13.2. The molecule has 1 aliphatic carbocycles. The zero-order valence-electron chi connectivity index (χ0n) is 23.6. The maximum Gasteiger partial charge on any atom is 0.248 e. The van der Waals surface area contributed by atoms with Gasteiger partial charge in [-0.3, -0.25) is 14.6 Å². The topological polar surface area (TPSA) is 146 Å². The first-order chi connectivity index (χ1) is 19.1. The molecule has 1 saturated carbocycles. The van der Waals surface area contributed by atoms with Gasteiger partial charge in [0.05, 0.1) is 16.2 Å². The van der Waals surface area contributed by atoms with Gasteiger partial charge in [-0.05, 0) is 69.2 Å². The summed E-state index contributed by atoms with van der Waals surface area (Å²) in [6.07, 6.45) is 9.77. The number of sulfonamides is 1. The van der Waals surface area contributed by atoms with Gasteiger partial charge in [0, 0.05) is 31.4 Å². The normalized spacial score (nSPS) is 27.4. The Morgan fingerprint density at radius 1 is 1.20 bits per heavy atom. The predicted molar refractivity (Wildman–Crippen MR) is 157 cm³/mol. The molecule has 0 bridgehead atoms.